The number of hydrogen-bond acceptors (Lipinski definition) is 6. The molecule has 0 bridgehead atoms. The highest BCUT2D eigenvalue weighted by Crippen LogP contribution is 2.32. The van der Waals surface area contributed by atoms with E-state index in [9.17, 15) is 0 Å². The molecule has 19 heavy (non-hydrogen) atoms. The summed E-state index contributed by atoms with van der Waals surface area (Å²) in [6.45, 7) is 0. The van der Waals surface area contributed by atoms with Gasteiger partial charge in [0, 0.05) is 6.20 Å². The molecule has 94 valence electrons. The fourth-order valence-electron chi connectivity index (χ4n) is 1.69. The van der Waals surface area contributed by atoms with Crippen LogP contribution >= 0.6 is 38.6 Å². The molecule has 4 heterocycles. The molecule has 0 spiro atoms. The molecular weight excluding hydrogens is 348 g/mol. The highest BCUT2D eigenvalue weighted by molar-refractivity contribution is 9.11. The zero-order valence-corrected chi connectivity index (χ0v) is 12.5. The standard InChI is InChI=1S/C10H5BrN6S2/c11-7-2-1-6(18-7)8-14-15-10-17(8)16-9(19-10)5-3-4-12-13-5/h1-4H,(H,12,13). The Labute approximate surface area is 123 Å². The zero-order chi connectivity index (χ0) is 12.8. The predicted octanol–water partition coefficient (Wildman–Crippen LogP) is 3.07. The molecule has 4 rings (SSSR count). The van der Waals surface area contributed by atoms with Gasteiger partial charge in [0.2, 0.25) is 4.96 Å². The van der Waals surface area contributed by atoms with Crippen molar-refractivity contribution in [2.75, 3.05) is 0 Å². The monoisotopic (exact) mass is 352 g/mol. The average molecular weight is 353 g/mol. The van der Waals surface area contributed by atoms with E-state index in [0.717, 1.165) is 30.2 Å². The minimum atomic E-state index is 0.757. The van der Waals surface area contributed by atoms with Crippen LogP contribution in [0.15, 0.2) is 28.2 Å². The predicted molar refractivity (Wildman–Crippen MR) is 77.3 cm³/mol. The smallest absolute Gasteiger partial charge is 0.235 e. The van der Waals surface area contributed by atoms with E-state index in [1.165, 1.54) is 11.3 Å². The minimum absolute atomic E-state index is 0.757. The molecule has 0 amide bonds. The summed E-state index contributed by atoms with van der Waals surface area (Å²) in [5.74, 6) is 0.757. The summed E-state index contributed by atoms with van der Waals surface area (Å²) >= 11 is 6.53. The van der Waals surface area contributed by atoms with Crippen molar-refractivity contribution in [3.8, 4) is 21.4 Å². The van der Waals surface area contributed by atoms with Crippen molar-refractivity contribution >= 4 is 43.6 Å². The average Bonchev–Trinajstić information content (AvgIpc) is 3.11. The van der Waals surface area contributed by atoms with Crippen LogP contribution in [0.4, 0.5) is 0 Å². The molecule has 0 aromatic carbocycles. The van der Waals surface area contributed by atoms with Crippen molar-refractivity contribution in [2.24, 2.45) is 0 Å². The van der Waals surface area contributed by atoms with Crippen LogP contribution in [0.3, 0.4) is 0 Å². The second-order valence-corrected chi connectivity index (χ2v) is 7.12. The summed E-state index contributed by atoms with van der Waals surface area (Å²) in [4.78, 5) is 1.80. The second-order valence-electron chi connectivity index (χ2n) is 3.70. The lowest BCUT2D eigenvalue weighted by Crippen LogP contribution is -1.89. The number of H-pyrrole nitrogens is 1. The van der Waals surface area contributed by atoms with E-state index < -0.39 is 0 Å². The Balaban J connectivity index is 1.89. The van der Waals surface area contributed by atoms with Crippen molar-refractivity contribution < 1.29 is 0 Å². The fourth-order valence-corrected chi connectivity index (χ4v) is 3.86. The molecular formula is C10H5BrN6S2. The first kappa shape index (κ1) is 11.3. The molecule has 0 aliphatic carbocycles. The largest absolute Gasteiger partial charge is 0.275 e. The highest BCUT2D eigenvalue weighted by atomic mass is 79.9. The molecule has 9 heteroatoms. The third kappa shape index (κ3) is 1.81. The molecule has 4 aromatic heterocycles. The summed E-state index contributed by atoms with van der Waals surface area (Å²) in [6.07, 6.45) is 1.70. The fraction of sp³-hybridized carbons (Fsp3) is 0. The molecule has 0 saturated carbocycles. The van der Waals surface area contributed by atoms with Crippen LogP contribution < -0.4 is 0 Å². The van der Waals surface area contributed by atoms with Gasteiger partial charge in [-0.2, -0.15) is 14.7 Å². The van der Waals surface area contributed by atoms with E-state index in [1.54, 1.807) is 22.0 Å². The number of nitrogens with zero attached hydrogens (tertiary/aromatic N) is 5. The number of aromatic nitrogens is 6. The van der Waals surface area contributed by atoms with Gasteiger partial charge in [0.1, 0.15) is 0 Å². The molecule has 0 fully saturated rings. The summed E-state index contributed by atoms with van der Waals surface area (Å²) in [5, 5.41) is 20.6. The molecule has 4 aromatic rings. The number of thiophene rings is 1. The lowest BCUT2D eigenvalue weighted by Gasteiger charge is -1.90. The molecule has 0 radical (unpaired) electrons. The van der Waals surface area contributed by atoms with E-state index in [4.69, 9.17) is 0 Å². The minimum Gasteiger partial charge on any atom is -0.275 e. The third-order valence-electron chi connectivity index (χ3n) is 2.52. The first-order valence-electron chi connectivity index (χ1n) is 5.29. The third-order valence-corrected chi connectivity index (χ3v) is 5.07. The summed E-state index contributed by atoms with van der Waals surface area (Å²) in [5.41, 5.74) is 0.883. The van der Waals surface area contributed by atoms with Crippen LogP contribution in [0.5, 0.6) is 0 Å². The number of fused-ring (bicyclic) bond motifs is 1. The summed E-state index contributed by atoms with van der Waals surface area (Å²) < 4.78 is 2.82. The Morgan fingerprint density at radius 1 is 1.16 bits per heavy atom. The summed E-state index contributed by atoms with van der Waals surface area (Å²) in [7, 11) is 0. The number of rotatable bonds is 2. The van der Waals surface area contributed by atoms with Crippen molar-refractivity contribution in [3.63, 3.8) is 0 Å². The quantitative estimate of drug-likeness (QED) is 0.601. The maximum atomic E-state index is 4.53. The van der Waals surface area contributed by atoms with E-state index in [2.05, 4.69) is 41.4 Å². The van der Waals surface area contributed by atoms with Crippen molar-refractivity contribution in [1.82, 2.24) is 30.0 Å². The molecule has 0 aliphatic rings. The van der Waals surface area contributed by atoms with Gasteiger partial charge in [-0.1, -0.05) is 11.3 Å². The van der Waals surface area contributed by atoms with Gasteiger partial charge in [0.15, 0.2) is 10.8 Å². The molecule has 6 nitrogen and oxygen atoms in total. The SMILES string of the molecule is Brc1ccc(-c2nnc3sc(-c4ccn[nH]4)nn23)s1. The Morgan fingerprint density at radius 2 is 2.11 bits per heavy atom. The first-order chi connectivity index (χ1) is 9.31. The van der Waals surface area contributed by atoms with Gasteiger partial charge in [-0.05, 0) is 34.1 Å². The van der Waals surface area contributed by atoms with Crippen LogP contribution in [0.25, 0.3) is 26.4 Å². The zero-order valence-electron chi connectivity index (χ0n) is 9.24. The number of halogens is 1. The van der Waals surface area contributed by atoms with Crippen molar-refractivity contribution in [2.45, 2.75) is 0 Å². The molecule has 0 atom stereocenters. The van der Waals surface area contributed by atoms with Gasteiger partial charge in [0.25, 0.3) is 0 Å². The van der Waals surface area contributed by atoms with Crippen molar-refractivity contribution in [1.29, 1.82) is 0 Å². The Bertz CT molecular complexity index is 843. The maximum Gasteiger partial charge on any atom is 0.235 e. The first-order valence-corrected chi connectivity index (χ1v) is 7.71. The Hall–Kier alpha value is -1.58. The number of nitrogens with one attached hydrogen (secondary N) is 1. The topological polar surface area (TPSA) is 71.8 Å². The Morgan fingerprint density at radius 3 is 2.84 bits per heavy atom. The molecule has 0 unspecified atom stereocenters. The van der Waals surface area contributed by atoms with Gasteiger partial charge in [-0.25, -0.2) is 0 Å². The highest BCUT2D eigenvalue weighted by Gasteiger charge is 2.16. The van der Waals surface area contributed by atoms with Gasteiger partial charge in [0.05, 0.1) is 14.4 Å². The van der Waals surface area contributed by atoms with Crippen LogP contribution in [0.2, 0.25) is 0 Å². The van der Waals surface area contributed by atoms with Crippen LogP contribution in [-0.2, 0) is 0 Å². The Kier molecular flexibility index (Phi) is 2.50. The van der Waals surface area contributed by atoms with Gasteiger partial charge >= 0.3 is 0 Å². The molecule has 0 saturated heterocycles. The lowest BCUT2D eigenvalue weighted by atomic mass is 10.4. The molecule has 1 N–H and O–H groups in total. The van der Waals surface area contributed by atoms with E-state index >= 15 is 0 Å². The van der Waals surface area contributed by atoms with Gasteiger partial charge in [-0.3, -0.25) is 5.10 Å². The van der Waals surface area contributed by atoms with E-state index in [-0.39, 0.29) is 0 Å². The van der Waals surface area contributed by atoms with E-state index in [1.807, 2.05) is 18.2 Å². The van der Waals surface area contributed by atoms with Crippen LogP contribution in [0, 0.1) is 0 Å². The summed E-state index contributed by atoms with van der Waals surface area (Å²) in [6, 6.07) is 5.87. The van der Waals surface area contributed by atoms with Gasteiger partial charge in [-0.15, -0.1) is 21.5 Å². The van der Waals surface area contributed by atoms with Crippen LogP contribution in [-0.4, -0.2) is 30.0 Å². The molecule has 0 aliphatic heterocycles. The maximum absolute atomic E-state index is 4.53. The van der Waals surface area contributed by atoms with Crippen molar-refractivity contribution in [3.05, 3.63) is 28.2 Å². The normalized spacial score (nSPS) is 11.4. The van der Waals surface area contributed by atoms with Crippen LogP contribution in [0.1, 0.15) is 0 Å². The second kappa shape index (κ2) is 4.22. The van der Waals surface area contributed by atoms with E-state index in [0.29, 0.717) is 0 Å². The number of hydrogen-bond donors (Lipinski definition) is 1. The van der Waals surface area contributed by atoms with Gasteiger partial charge < -0.3 is 0 Å². The lowest BCUT2D eigenvalue weighted by molar-refractivity contribution is 0.967. The number of aromatic amines is 1.